The molecule has 2 aliphatic carbocycles. The first-order valence-corrected chi connectivity index (χ1v) is 6.20. The maximum Gasteiger partial charge on any atom is 0.303 e. The summed E-state index contributed by atoms with van der Waals surface area (Å²) in [6.45, 7) is 0. The molecule has 2 rings (SSSR count). The van der Waals surface area contributed by atoms with Gasteiger partial charge in [-0.1, -0.05) is 12.2 Å². The Kier molecular flexibility index (Phi) is 3.50. The number of carboxylic acids is 2. The van der Waals surface area contributed by atoms with E-state index in [2.05, 4.69) is 12.2 Å². The van der Waals surface area contributed by atoms with Crippen LogP contribution >= 0.6 is 0 Å². The predicted octanol–water partition coefficient (Wildman–Crippen LogP) is 2.15. The summed E-state index contributed by atoms with van der Waals surface area (Å²) in [6.07, 6.45) is 7.24. The Morgan fingerprint density at radius 2 is 1.35 bits per heavy atom. The van der Waals surface area contributed by atoms with Crippen LogP contribution in [0.1, 0.15) is 32.1 Å². The van der Waals surface area contributed by atoms with E-state index in [1.54, 1.807) is 0 Å². The van der Waals surface area contributed by atoms with E-state index in [1.165, 1.54) is 0 Å². The molecular weight excluding hydrogens is 220 g/mol. The van der Waals surface area contributed by atoms with E-state index < -0.39 is 11.9 Å². The van der Waals surface area contributed by atoms with Crippen LogP contribution in [0.15, 0.2) is 12.2 Å². The van der Waals surface area contributed by atoms with Crippen molar-refractivity contribution < 1.29 is 19.8 Å². The van der Waals surface area contributed by atoms with Crippen LogP contribution in [0.25, 0.3) is 0 Å². The van der Waals surface area contributed by atoms with Gasteiger partial charge < -0.3 is 10.2 Å². The summed E-state index contributed by atoms with van der Waals surface area (Å²) in [4.78, 5) is 21.2. The van der Waals surface area contributed by atoms with Crippen LogP contribution in [0, 0.1) is 23.7 Å². The van der Waals surface area contributed by atoms with Crippen LogP contribution in [0.2, 0.25) is 0 Å². The molecule has 1 fully saturated rings. The number of hydrogen-bond donors (Lipinski definition) is 2. The lowest BCUT2D eigenvalue weighted by atomic mass is 9.78. The maximum atomic E-state index is 10.6. The Hall–Kier alpha value is -1.32. The molecule has 0 aromatic carbocycles. The second-order valence-electron chi connectivity index (χ2n) is 5.14. The molecule has 2 bridgehead atoms. The zero-order valence-electron chi connectivity index (χ0n) is 9.71. The second kappa shape index (κ2) is 4.90. The monoisotopic (exact) mass is 238 g/mol. The summed E-state index contributed by atoms with van der Waals surface area (Å²) in [7, 11) is 0. The normalized spacial score (nSPS) is 34.1. The smallest absolute Gasteiger partial charge is 0.303 e. The Balaban J connectivity index is 1.94. The Morgan fingerprint density at radius 3 is 1.71 bits per heavy atom. The van der Waals surface area contributed by atoms with Crippen molar-refractivity contribution in [3.8, 4) is 0 Å². The molecule has 4 unspecified atom stereocenters. The molecule has 4 atom stereocenters. The molecule has 1 saturated carbocycles. The minimum absolute atomic E-state index is 0.200. The number of carbonyl (C=O) groups is 2. The van der Waals surface area contributed by atoms with E-state index in [0.717, 1.165) is 6.42 Å². The average Bonchev–Trinajstić information content (AvgIpc) is 2.83. The molecule has 4 nitrogen and oxygen atoms in total. The van der Waals surface area contributed by atoms with Gasteiger partial charge >= 0.3 is 11.9 Å². The van der Waals surface area contributed by atoms with Crippen molar-refractivity contribution in [2.75, 3.05) is 0 Å². The van der Waals surface area contributed by atoms with Crippen LogP contribution in [0.5, 0.6) is 0 Å². The van der Waals surface area contributed by atoms with E-state index in [-0.39, 0.29) is 12.8 Å². The summed E-state index contributed by atoms with van der Waals surface area (Å²) in [5, 5.41) is 17.5. The molecule has 2 aliphatic rings. The molecule has 0 aromatic rings. The van der Waals surface area contributed by atoms with Crippen molar-refractivity contribution >= 4 is 11.9 Å². The van der Waals surface area contributed by atoms with Crippen molar-refractivity contribution in [1.82, 2.24) is 0 Å². The maximum absolute atomic E-state index is 10.6. The van der Waals surface area contributed by atoms with Gasteiger partial charge in [-0.2, -0.15) is 0 Å². The minimum Gasteiger partial charge on any atom is -0.481 e. The third-order valence-electron chi connectivity index (χ3n) is 4.18. The largest absolute Gasteiger partial charge is 0.481 e. The third-order valence-corrected chi connectivity index (χ3v) is 4.18. The molecule has 0 saturated heterocycles. The van der Waals surface area contributed by atoms with Gasteiger partial charge in [0, 0.05) is 12.8 Å². The van der Waals surface area contributed by atoms with Crippen molar-refractivity contribution in [1.29, 1.82) is 0 Å². The SMILES string of the molecule is O=C(O)CCC1C2C=CC(C2)C1CCC(=O)O. The Labute approximate surface area is 100 Å². The van der Waals surface area contributed by atoms with Gasteiger partial charge in [-0.25, -0.2) is 0 Å². The van der Waals surface area contributed by atoms with E-state index in [0.29, 0.717) is 36.5 Å². The first-order valence-electron chi connectivity index (χ1n) is 6.20. The van der Waals surface area contributed by atoms with Gasteiger partial charge in [-0.05, 0) is 42.9 Å². The molecule has 17 heavy (non-hydrogen) atoms. The highest BCUT2D eigenvalue weighted by atomic mass is 16.4. The summed E-state index contributed by atoms with van der Waals surface area (Å²) in [6, 6.07) is 0. The first-order chi connectivity index (χ1) is 8.08. The number of carboxylic acid groups (broad SMARTS) is 2. The molecule has 0 aliphatic heterocycles. The lowest BCUT2D eigenvalue weighted by Gasteiger charge is -2.27. The number of hydrogen-bond acceptors (Lipinski definition) is 2. The summed E-state index contributed by atoms with van der Waals surface area (Å²) < 4.78 is 0. The summed E-state index contributed by atoms with van der Waals surface area (Å²) in [5.74, 6) is 0.208. The molecule has 2 N–H and O–H groups in total. The fourth-order valence-electron chi connectivity index (χ4n) is 3.46. The van der Waals surface area contributed by atoms with E-state index in [1.807, 2.05) is 0 Å². The van der Waals surface area contributed by atoms with Crippen molar-refractivity contribution in [3.63, 3.8) is 0 Å². The average molecular weight is 238 g/mol. The molecular formula is C13H18O4. The minimum atomic E-state index is -0.756. The van der Waals surface area contributed by atoms with Gasteiger partial charge in [-0.3, -0.25) is 9.59 Å². The fourth-order valence-corrected chi connectivity index (χ4v) is 3.46. The molecule has 0 radical (unpaired) electrons. The van der Waals surface area contributed by atoms with E-state index in [4.69, 9.17) is 10.2 Å². The highest BCUT2D eigenvalue weighted by Gasteiger charge is 2.43. The lowest BCUT2D eigenvalue weighted by molar-refractivity contribution is -0.139. The number of fused-ring (bicyclic) bond motifs is 2. The molecule has 0 heterocycles. The Bertz CT molecular complexity index is 315. The van der Waals surface area contributed by atoms with Gasteiger partial charge in [0.15, 0.2) is 0 Å². The summed E-state index contributed by atoms with van der Waals surface area (Å²) >= 11 is 0. The van der Waals surface area contributed by atoms with Crippen LogP contribution in [-0.4, -0.2) is 22.2 Å². The van der Waals surface area contributed by atoms with Crippen LogP contribution in [0.3, 0.4) is 0 Å². The van der Waals surface area contributed by atoms with Crippen molar-refractivity contribution in [2.24, 2.45) is 23.7 Å². The quantitative estimate of drug-likeness (QED) is 0.695. The molecule has 0 amide bonds. The van der Waals surface area contributed by atoms with Crippen LogP contribution in [-0.2, 0) is 9.59 Å². The van der Waals surface area contributed by atoms with E-state index >= 15 is 0 Å². The fraction of sp³-hybridized carbons (Fsp3) is 0.692. The first kappa shape index (κ1) is 12.1. The zero-order valence-corrected chi connectivity index (χ0v) is 9.71. The Morgan fingerprint density at radius 1 is 0.941 bits per heavy atom. The predicted molar refractivity (Wildman–Crippen MR) is 61.5 cm³/mol. The van der Waals surface area contributed by atoms with E-state index in [9.17, 15) is 9.59 Å². The molecule has 0 aromatic heterocycles. The highest BCUT2D eigenvalue weighted by molar-refractivity contribution is 5.67. The highest BCUT2D eigenvalue weighted by Crippen LogP contribution is 2.51. The van der Waals surface area contributed by atoms with Gasteiger partial charge in [0.1, 0.15) is 0 Å². The summed E-state index contributed by atoms with van der Waals surface area (Å²) in [5.41, 5.74) is 0. The van der Waals surface area contributed by atoms with Crippen LogP contribution < -0.4 is 0 Å². The molecule has 0 spiro atoms. The number of rotatable bonds is 6. The van der Waals surface area contributed by atoms with Crippen LogP contribution in [0.4, 0.5) is 0 Å². The molecule has 4 heteroatoms. The lowest BCUT2D eigenvalue weighted by Crippen LogP contribution is -2.21. The van der Waals surface area contributed by atoms with Gasteiger partial charge in [0.2, 0.25) is 0 Å². The van der Waals surface area contributed by atoms with Gasteiger partial charge in [-0.15, -0.1) is 0 Å². The topological polar surface area (TPSA) is 74.6 Å². The van der Waals surface area contributed by atoms with Gasteiger partial charge in [0.05, 0.1) is 0 Å². The molecule has 94 valence electrons. The standard InChI is InChI=1S/C13H18O4/c14-12(15)5-3-10-8-1-2-9(7-8)11(10)4-6-13(16)17/h1-2,8-11H,3-7H2,(H,14,15)(H,16,17). The zero-order chi connectivity index (χ0) is 12.4. The number of aliphatic carboxylic acids is 2. The van der Waals surface area contributed by atoms with Crippen molar-refractivity contribution in [2.45, 2.75) is 32.1 Å². The third kappa shape index (κ3) is 2.68. The number of allylic oxidation sites excluding steroid dienone is 2. The second-order valence-corrected chi connectivity index (χ2v) is 5.14. The van der Waals surface area contributed by atoms with Crippen molar-refractivity contribution in [3.05, 3.63) is 12.2 Å². The van der Waals surface area contributed by atoms with Gasteiger partial charge in [0.25, 0.3) is 0 Å².